The van der Waals surface area contributed by atoms with E-state index in [2.05, 4.69) is 21.2 Å². The van der Waals surface area contributed by atoms with Crippen molar-refractivity contribution in [1.82, 2.24) is 15.8 Å². The number of hydrogen-bond donors (Lipinski definition) is 3. The fourth-order valence-corrected chi connectivity index (χ4v) is 3.28. The molecule has 5 nitrogen and oxygen atoms in total. The number of halogens is 1. The number of hydrogen-bond acceptors (Lipinski definition) is 4. The summed E-state index contributed by atoms with van der Waals surface area (Å²) in [5, 5.41) is 3.69. The van der Waals surface area contributed by atoms with Crippen molar-refractivity contribution in [1.29, 1.82) is 0 Å². The first kappa shape index (κ1) is 17.2. The van der Waals surface area contributed by atoms with Gasteiger partial charge in [0.1, 0.15) is 5.82 Å². The lowest BCUT2D eigenvalue weighted by molar-refractivity contribution is -0.121. The number of benzene rings is 2. The van der Waals surface area contributed by atoms with Gasteiger partial charge in [-0.25, -0.2) is 9.37 Å². The van der Waals surface area contributed by atoms with E-state index in [1.807, 2.05) is 24.3 Å². The van der Waals surface area contributed by atoms with E-state index in [0.29, 0.717) is 6.42 Å². The van der Waals surface area contributed by atoms with Crippen LogP contribution >= 0.6 is 23.6 Å². The summed E-state index contributed by atoms with van der Waals surface area (Å²) in [6.07, 6.45) is 0.815. The van der Waals surface area contributed by atoms with E-state index >= 15 is 0 Å². The zero-order valence-corrected chi connectivity index (χ0v) is 14.7. The normalized spacial score (nSPS) is 10.4. The Hall–Kier alpha value is -2.58. The van der Waals surface area contributed by atoms with Gasteiger partial charge in [-0.2, -0.15) is 0 Å². The third kappa shape index (κ3) is 4.71. The van der Waals surface area contributed by atoms with Gasteiger partial charge in [0.15, 0.2) is 5.11 Å². The second-order valence-electron chi connectivity index (χ2n) is 5.18. The third-order valence-electron chi connectivity index (χ3n) is 3.34. The van der Waals surface area contributed by atoms with Gasteiger partial charge < -0.3 is 5.32 Å². The molecule has 2 aromatic carbocycles. The highest BCUT2D eigenvalue weighted by atomic mass is 32.1. The molecule has 3 rings (SSSR count). The Morgan fingerprint density at radius 1 is 1.12 bits per heavy atom. The molecule has 0 aliphatic rings. The molecule has 0 aliphatic heterocycles. The molecule has 128 valence electrons. The highest BCUT2D eigenvalue weighted by Gasteiger charge is 2.08. The number of anilines is 1. The molecule has 0 unspecified atom stereocenters. The zero-order chi connectivity index (χ0) is 17.6. The molecule has 0 aliphatic carbocycles. The van der Waals surface area contributed by atoms with Gasteiger partial charge in [-0.05, 0) is 36.5 Å². The lowest BCUT2D eigenvalue weighted by Gasteiger charge is -2.11. The fraction of sp³-hybridized carbons (Fsp3) is 0.118. The summed E-state index contributed by atoms with van der Waals surface area (Å²) >= 11 is 6.60. The number of amides is 1. The number of rotatable bonds is 4. The minimum atomic E-state index is -0.422. The van der Waals surface area contributed by atoms with Crippen LogP contribution < -0.4 is 16.2 Å². The SMILES string of the molecule is O=C(CCc1nc2ccccc2s1)NNC(=S)Nc1ccccc1F. The highest BCUT2D eigenvalue weighted by molar-refractivity contribution is 7.80. The fourth-order valence-electron chi connectivity index (χ4n) is 2.15. The number of aromatic nitrogens is 1. The molecule has 0 bridgehead atoms. The minimum Gasteiger partial charge on any atom is -0.329 e. The highest BCUT2D eigenvalue weighted by Crippen LogP contribution is 2.22. The number of thiazole rings is 1. The molecule has 0 saturated carbocycles. The molecule has 0 spiro atoms. The molecule has 0 atom stereocenters. The van der Waals surface area contributed by atoms with Gasteiger partial charge in [-0.1, -0.05) is 24.3 Å². The van der Waals surface area contributed by atoms with Crippen molar-refractivity contribution >= 4 is 50.5 Å². The average molecular weight is 374 g/mol. The second kappa shape index (κ2) is 8.00. The molecule has 0 fully saturated rings. The molecule has 25 heavy (non-hydrogen) atoms. The molecular formula is C17H15FN4OS2. The number of thiocarbonyl (C=S) groups is 1. The molecule has 1 amide bonds. The van der Waals surface area contributed by atoms with E-state index in [4.69, 9.17) is 12.2 Å². The minimum absolute atomic E-state index is 0.110. The molecule has 1 aromatic heterocycles. The molecule has 0 saturated heterocycles. The number of carbonyl (C=O) groups is 1. The lowest BCUT2D eigenvalue weighted by atomic mass is 10.3. The summed E-state index contributed by atoms with van der Waals surface area (Å²) in [6.45, 7) is 0. The van der Waals surface area contributed by atoms with Crippen molar-refractivity contribution in [3.05, 3.63) is 59.4 Å². The van der Waals surface area contributed by atoms with Crippen LogP contribution in [0.1, 0.15) is 11.4 Å². The number of nitrogens with one attached hydrogen (secondary N) is 3. The summed E-state index contributed by atoms with van der Waals surface area (Å²) in [6, 6.07) is 14.0. The Morgan fingerprint density at radius 3 is 2.68 bits per heavy atom. The summed E-state index contributed by atoms with van der Waals surface area (Å²) in [4.78, 5) is 16.4. The van der Waals surface area contributed by atoms with E-state index < -0.39 is 5.82 Å². The van der Waals surface area contributed by atoms with E-state index in [9.17, 15) is 9.18 Å². The number of nitrogens with zero attached hydrogens (tertiary/aromatic N) is 1. The number of hydrazine groups is 1. The van der Waals surface area contributed by atoms with E-state index in [1.54, 1.807) is 29.5 Å². The molecule has 1 heterocycles. The van der Waals surface area contributed by atoms with Gasteiger partial charge in [0.25, 0.3) is 0 Å². The summed E-state index contributed by atoms with van der Waals surface area (Å²) in [7, 11) is 0. The standard InChI is InChI=1S/C17H15FN4OS2/c18-11-5-1-2-6-12(11)20-17(24)22-21-15(23)9-10-16-19-13-7-3-4-8-14(13)25-16/h1-8H,9-10H2,(H,21,23)(H2,20,22,24). The van der Waals surface area contributed by atoms with Crippen molar-refractivity contribution in [3.8, 4) is 0 Å². The van der Waals surface area contributed by atoms with Gasteiger partial charge in [-0.3, -0.25) is 15.6 Å². The summed E-state index contributed by atoms with van der Waals surface area (Å²) in [5.41, 5.74) is 6.23. The maximum absolute atomic E-state index is 13.5. The van der Waals surface area contributed by atoms with Crippen LogP contribution in [-0.4, -0.2) is 16.0 Å². The average Bonchev–Trinajstić information content (AvgIpc) is 3.03. The molecular weight excluding hydrogens is 359 g/mol. The van der Waals surface area contributed by atoms with Crippen LogP contribution in [0.15, 0.2) is 48.5 Å². The zero-order valence-electron chi connectivity index (χ0n) is 13.1. The van der Waals surface area contributed by atoms with Crippen molar-refractivity contribution in [2.75, 3.05) is 5.32 Å². The molecule has 3 aromatic rings. The predicted molar refractivity (Wildman–Crippen MR) is 102 cm³/mol. The number of carbonyl (C=O) groups excluding carboxylic acids is 1. The topological polar surface area (TPSA) is 66.0 Å². The Labute approximate surface area is 153 Å². The second-order valence-corrected chi connectivity index (χ2v) is 6.71. The van der Waals surface area contributed by atoms with E-state index in [-0.39, 0.29) is 23.1 Å². The number of para-hydroxylation sites is 2. The van der Waals surface area contributed by atoms with Crippen LogP contribution in [0.5, 0.6) is 0 Å². The van der Waals surface area contributed by atoms with Crippen molar-refractivity contribution in [3.63, 3.8) is 0 Å². The lowest BCUT2D eigenvalue weighted by Crippen LogP contribution is -2.43. The van der Waals surface area contributed by atoms with Gasteiger partial charge in [0, 0.05) is 12.8 Å². The largest absolute Gasteiger partial charge is 0.329 e. The Balaban J connectivity index is 1.44. The van der Waals surface area contributed by atoms with E-state index in [0.717, 1.165) is 15.2 Å². The van der Waals surface area contributed by atoms with E-state index in [1.165, 1.54) is 6.07 Å². The van der Waals surface area contributed by atoms with Crippen LogP contribution in [0.4, 0.5) is 10.1 Å². The first-order valence-electron chi connectivity index (χ1n) is 7.56. The van der Waals surface area contributed by atoms with Gasteiger partial charge >= 0.3 is 0 Å². The van der Waals surface area contributed by atoms with Crippen molar-refractivity contribution < 1.29 is 9.18 Å². The van der Waals surface area contributed by atoms with Crippen molar-refractivity contribution in [2.45, 2.75) is 12.8 Å². The monoisotopic (exact) mass is 374 g/mol. The molecule has 0 radical (unpaired) electrons. The summed E-state index contributed by atoms with van der Waals surface area (Å²) in [5.74, 6) is -0.647. The maximum Gasteiger partial charge on any atom is 0.238 e. The maximum atomic E-state index is 13.5. The smallest absolute Gasteiger partial charge is 0.238 e. The van der Waals surface area contributed by atoms with Gasteiger partial charge in [0.2, 0.25) is 5.91 Å². The van der Waals surface area contributed by atoms with Crippen LogP contribution in [0.3, 0.4) is 0 Å². The number of fused-ring (bicyclic) bond motifs is 1. The third-order valence-corrected chi connectivity index (χ3v) is 4.64. The molecule has 8 heteroatoms. The summed E-state index contributed by atoms with van der Waals surface area (Å²) < 4.78 is 14.6. The van der Waals surface area contributed by atoms with Crippen LogP contribution in [-0.2, 0) is 11.2 Å². The van der Waals surface area contributed by atoms with Crippen molar-refractivity contribution in [2.24, 2.45) is 0 Å². The number of aryl methyl sites for hydroxylation is 1. The van der Waals surface area contributed by atoms with Gasteiger partial charge in [-0.15, -0.1) is 11.3 Å². The first-order chi connectivity index (χ1) is 12.1. The van der Waals surface area contributed by atoms with Crippen LogP contribution in [0.25, 0.3) is 10.2 Å². The molecule has 3 N–H and O–H groups in total. The van der Waals surface area contributed by atoms with Crippen LogP contribution in [0.2, 0.25) is 0 Å². The first-order valence-corrected chi connectivity index (χ1v) is 8.79. The Morgan fingerprint density at radius 2 is 1.88 bits per heavy atom. The Kier molecular flexibility index (Phi) is 5.52. The van der Waals surface area contributed by atoms with Crippen LogP contribution in [0, 0.1) is 5.82 Å². The Bertz CT molecular complexity index is 879. The van der Waals surface area contributed by atoms with Gasteiger partial charge in [0.05, 0.1) is 20.9 Å². The quantitative estimate of drug-likeness (QED) is 0.483. The predicted octanol–water partition coefficient (Wildman–Crippen LogP) is 3.39.